The number of likely N-dealkylation sites (tertiary alicyclic amines) is 1. The number of rotatable bonds is 6. The molecule has 1 N–H and O–H groups in total. The van der Waals surface area contributed by atoms with Gasteiger partial charge in [-0.25, -0.2) is 0 Å². The summed E-state index contributed by atoms with van der Waals surface area (Å²) in [5.74, 6) is 0.917. The summed E-state index contributed by atoms with van der Waals surface area (Å²) < 4.78 is 5.13. The summed E-state index contributed by atoms with van der Waals surface area (Å²) in [6.07, 6.45) is 10.1. The minimum Gasteiger partial charge on any atom is -0.472 e. The van der Waals surface area contributed by atoms with Gasteiger partial charge in [0.2, 0.25) is 5.91 Å². The van der Waals surface area contributed by atoms with Crippen molar-refractivity contribution in [2.75, 3.05) is 13.1 Å². The predicted octanol–water partition coefficient (Wildman–Crippen LogP) is 2.55. The molecule has 0 spiro atoms. The van der Waals surface area contributed by atoms with Crippen LogP contribution in [0.25, 0.3) is 0 Å². The van der Waals surface area contributed by atoms with Crippen LogP contribution in [0.5, 0.6) is 0 Å². The summed E-state index contributed by atoms with van der Waals surface area (Å²) in [4.78, 5) is 14.2. The van der Waals surface area contributed by atoms with Crippen molar-refractivity contribution in [2.45, 2.75) is 51.1 Å². The van der Waals surface area contributed by atoms with E-state index < -0.39 is 0 Å². The second-order valence-corrected chi connectivity index (χ2v) is 6.26. The van der Waals surface area contributed by atoms with Gasteiger partial charge in [0.1, 0.15) is 0 Å². The molecular weight excluding hydrogens is 252 g/mol. The molecule has 2 heterocycles. The van der Waals surface area contributed by atoms with Crippen LogP contribution < -0.4 is 5.32 Å². The Labute approximate surface area is 120 Å². The molecule has 4 heteroatoms. The number of carbonyl (C=O) groups excluding carboxylic acids is 1. The molecule has 1 aliphatic heterocycles. The molecule has 20 heavy (non-hydrogen) atoms. The van der Waals surface area contributed by atoms with E-state index in [1.54, 1.807) is 6.26 Å². The van der Waals surface area contributed by atoms with Gasteiger partial charge in [0.25, 0.3) is 0 Å². The highest BCUT2D eigenvalue weighted by Crippen LogP contribution is 2.23. The normalized spacial score (nSPS) is 23.7. The van der Waals surface area contributed by atoms with Crippen molar-refractivity contribution >= 4 is 5.91 Å². The Morgan fingerprint density at radius 1 is 1.40 bits per heavy atom. The Hall–Kier alpha value is -1.29. The third-order valence-corrected chi connectivity index (χ3v) is 4.31. The molecule has 1 unspecified atom stereocenters. The first-order valence-electron chi connectivity index (χ1n) is 7.82. The van der Waals surface area contributed by atoms with Gasteiger partial charge >= 0.3 is 0 Å². The largest absolute Gasteiger partial charge is 0.472 e. The topological polar surface area (TPSA) is 45.5 Å². The molecule has 1 atom stereocenters. The summed E-state index contributed by atoms with van der Waals surface area (Å²) >= 11 is 0. The molecule has 0 aromatic carbocycles. The van der Waals surface area contributed by atoms with Crippen molar-refractivity contribution in [3.05, 3.63) is 24.2 Å². The highest BCUT2D eigenvalue weighted by Gasteiger charge is 2.24. The van der Waals surface area contributed by atoms with E-state index in [4.69, 9.17) is 4.42 Å². The average Bonchev–Trinajstić information content (AvgIpc) is 3.11. The molecule has 1 aromatic rings. The van der Waals surface area contributed by atoms with Crippen molar-refractivity contribution in [3.63, 3.8) is 0 Å². The minimum atomic E-state index is 0.249. The van der Waals surface area contributed by atoms with Crippen LogP contribution >= 0.6 is 0 Å². The van der Waals surface area contributed by atoms with Crippen LogP contribution in [0, 0.1) is 5.92 Å². The van der Waals surface area contributed by atoms with Crippen LogP contribution in [0.15, 0.2) is 23.0 Å². The summed E-state index contributed by atoms with van der Waals surface area (Å²) in [5.41, 5.74) is 1.25. The smallest absolute Gasteiger partial charge is 0.220 e. The standard InChI is InChI=1S/C16H24N2O2/c19-16(17-15-4-5-15)6-3-13-2-1-8-18(10-13)11-14-7-9-20-12-14/h7,9,12-13,15H,1-6,8,10-11H2,(H,17,19). The van der Waals surface area contributed by atoms with E-state index in [2.05, 4.69) is 10.2 Å². The van der Waals surface area contributed by atoms with Gasteiger partial charge < -0.3 is 9.73 Å². The van der Waals surface area contributed by atoms with E-state index >= 15 is 0 Å². The molecule has 0 bridgehead atoms. The molecule has 1 amide bonds. The van der Waals surface area contributed by atoms with Gasteiger partial charge in [0.05, 0.1) is 12.5 Å². The summed E-state index contributed by atoms with van der Waals surface area (Å²) in [6.45, 7) is 3.25. The van der Waals surface area contributed by atoms with Crippen LogP contribution in [0.4, 0.5) is 0 Å². The minimum absolute atomic E-state index is 0.249. The van der Waals surface area contributed by atoms with Crippen molar-refractivity contribution in [2.24, 2.45) is 5.92 Å². The summed E-state index contributed by atoms with van der Waals surface area (Å²) in [5, 5.41) is 3.08. The molecule has 1 saturated heterocycles. The Morgan fingerprint density at radius 3 is 3.05 bits per heavy atom. The fourth-order valence-electron chi connectivity index (χ4n) is 3.03. The van der Waals surface area contributed by atoms with E-state index in [1.807, 2.05) is 12.3 Å². The van der Waals surface area contributed by atoms with Gasteiger partial charge in [0, 0.05) is 31.1 Å². The molecule has 1 aliphatic carbocycles. The van der Waals surface area contributed by atoms with E-state index in [0.717, 1.165) is 26.1 Å². The SMILES string of the molecule is O=C(CCC1CCCN(Cc2ccoc2)C1)NC1CC1. The zero-order valence-electron chi connectivity index (χ0n) is 12.0. The van der Waals surface area contributed by atoms with Crippen molar-refractivity contribution in [1.29, 1.82) is 0 Å². The number of furan rings is 1. The van der Waals surface area contributed by atoms with Gasteiger partial charge in [-0.1, -0.05) is 0 Å². The first-order chi connectivity index (χ1) is 9.79. The highest BCUT2D eigenvalue weighted by molar-refractivity contribution is 5.76. The van der Waals surface area contributed by atoms with Gasteiger partial charge in [-0.15, -0.1) is 0 Å². The number of hydrogen-bond donors (Lipinski definition) is 1. The van der Waals surface area contributed by atoms with Gasteiger partial charge in [-0.3, -0.25) is 9.69 Å². The maximum Gasteiger partial charge on any atom is 0.220 e. The summed E-state index contributed by atoms with van der Waals surface area (Å²) in [7, 11) is 0. The molecule has 1 saturated carbocycles. The fraction of sp³-hybridized carbons (Fsp3) is 0.688. The van der Waals surface area contributed by atoms with Crippen LogP contribution in [0.1, 0.15) is 44.1 Å². The molecule has 0 radical (unpaired) electrons. The number of hydrogen-bond acceptors (Lipinski definition) is 3. The van der Waals surface area contributed by atoms with Crippen LogP contribution in [0.2, 0.25) is 0 Å². The first kappa shape index (κ1) is 13.7. The molecule has 1 aromatic heterocycles. The van der Waals surface area contributed by atoms with E-state index in [1.165, 1.54) is 31.2 Å². The van der Waals surface area contributed by atoms with Crippen molar-refractivity contribution < 1.29 is 9.21 Å². The van der Waals surface area contributed by atoms with Crippen LogP contribution in [0.3, 0.4) is 0 Å². The second kappa shape index (κ2) is 6.44. The lowest BCUT2D eigenvalue weighted by atomic mass is 9.93. The van der Waals surface area contributed by atoms with E-state index in [-0.39, 0.29) is 5.91 Å². The van der Waals surface area contributed by atoms with Crippen LogP contribution in [-0.2, 0) is 11.3 Å². The zero-order valence-corrected chi connectivity index (χ0v) is 12.0. The van der Waals surface area contributed by atoms with E-state index in [0.29, 0.717) is 18.4 Å². The number of piperidine rings is 1. The van der Waals surface area contributed by atoms with Crippen molar-refractivity contribution in [1.82, 2.24) is 10.2 Å². The van der Waals surface area contributed by atoms with Crippen LogP contribution in [-0.4, -0.2) is 29.9 Å². The number of carbonyl (C=O) groups is 1. The Morgan fingerprint density at radius 2 is 2.30 bits per heavy atom. The lowest BCUT2D eigenvalue weighted by molar-refractivity contribution is -0.121. The molecule has 3 rings (SSSR count). The molecule has 2 fully saturated rings. The summed E-state index contributed by atoms with van der Waals surface area (Å²) in [6, 6.07) is 2.53. The monoisotopic (exact) mass is 276 g/mol. The second-order valence-electron chi connectivity index (χ2n) is 6.26. The number of nitrogens with one attached hydrogen (secondary N) is 1. The maximum atomic E-state index is 11.7. The molecular formula is C16H24N2O2. The highest BCUT2D eigenvalue weighted by atomic mass is 16.3. The van der Waals surface area contributed by atoms with Crippen molar-refractivity contribution in [3.8, 4) is 0 Å². The van der Waals surface area contributed by atoms with Gasteiger partial charge in [-0.2, -0.15) is 0 Å². The predicted molar refractivity (Wildman–Crippen MR) is 77.1 cm³/mol. The first-order valence-corrected chi connectivity index (χ1v) is 7.82. The average molecular weight is 276 g/mol. The Balaban J connectivity index is 1.39. The van der Waals surface area contributed by atoms with Gasteiger partial charge in [-0.05, 0) is 50.6 Å². The molecule has 110 valence electrons. The Kier molecular flexibility index (Phi) is 4.41. The lowest BCUT2D eigenvalue weighted by Crippen LogP contribution is -2.35. The Bertz CT molecular complexity index is 426. The van der Waals surface area contributed by atoms with E-state index in [9.17, 15) is 4.79 Å². The van der Waals surface area contributed by atoms with Gasteiger partial charge in [0.15, 0.2) is 0 Å². The quantitative estimate of drug-likeness (QED) is 0.868. The lowest BCUT2D eigenvalue weighted by Gasteiger charge is -2.32. The third kappa shape index (κ3) is 4.10. The zero-order chi connectivity index (χ0) is 13.8. The maximum absolute atomic E-state index is 11.7. The third-order valence-electron chi connectivity index (χ3n) is 4.31. The number of nitrogens with zero attached hydrogens (tertiary/aromatic N) is 1. The number of amides is 1. The fourth-order valence-corrected chi connectivity index (χ4v) is 3.03. The molecule has 2 aliphatic rings. The molecule has 4 nitrogen and oxygen atoms in total.